The van der Waals surface area contributed by atoms with Gasteiger partial charge in [0, 0.05) is 23.1 Å². The second-order valence-corrected chi connectivity index (χ2v) is 7.70. The third-order valence-electron chi connectivity index (χ3n) is 5.37. The number of hydrogen-bond donors (Lipinski definition) is 2. The molecule has 0 aliphatic rings. The molecular weight excluding hydrogens is 432 g/mol. The zero-order valence-electron chi connectivity index (χ0n) is 19.5. The van der Waals surface area contributed by atoms with E-state index in [-0.39, 0.29) is 12.5 Å². The van der Waals surface area contributed by atoms with Crippen molar-refractivity contribution in [2.45, 2.75) is 20.8 Å². The van der Waals surface area contributed by atoms with Gasteiger partial charge in [0.15, 0.2) is 18.2 Å². The van der Waals surface area contributed by atoms with Gasteiger partial charge in [0.25, 0.3) is 5.91 Å². The fourth-order valence-corrected chi connectivity index (χ4v) is 3.27. The molecule has 2 aromatic carbocycles. The first-order valence-electron chi connectivity index (χ1n) is 10.7. The molecule has 9 nitrogen and oxygen atoms in total. The molecule has 1 amide bonds. The first kappa shape index (κ1) is 22.8. The summed E-state index contributed by atoms with van der Waals surface area (Å²) < 4.78 is 12.5. The molecule has 0 aliphatic carbocycles. The van der Waals surface area contributed by atoms with Gasteiger partial charge in [-0.05, 0) is 74.9 Å². The van der Waals surface area contributed by atoms with E-state index in [0.29, 0.717) is 28.8 Å². The van der Waals surface area contributed by atoms with E-state index in [4.69, 9.17) is 9.47 Å². The molecule has 0 fully saturated rings. The Morgan fingerprint density at radius 1 is 0.941 bits per heavy atom. The van der Waals surface area contributed by atoms with Crippen LogP contribution in [0.1, 0.15) is 17.0 Å². The Kier molecular flexibility index (Phi) is 6.72. The molecule has 174 valence electrons. The highest BCUT2D eigenvalue weighted by atomic mass is 16.5. The number of aryl methyl sites for hydroxylation is 1. The molecule has 0 unspecified atom stereocenters. The first-order chi connectivity index (χ1) is 16.4. The summed E-state index contributed by atoms with van der Waals surface area (Å²) in [6, 6.07) is 18.1. The molecule has 0 spiro atoms. The number of carbonyl (C=O) groups is 1. The smallest absolute Gasteiger partial charge is 0.262 e. The number of hydrogen-bond acceptors (Lipinski definition) is 7. The van der Waals surface area contributed by atoms with E-state index in [1.165, 1.54) is 0 Å². The number of carbonyl (C=O) groups excluding carboxylic acids is 1. The molecule has 2 aromatic heterocycles. The van der Waals surface area contributed by atoms with Crippen LogP contribution < -0.4 is 20.1 Å². The van der Waals surface area contributed by atoms with Gasteiger partial charge in [-0.25, -0.2) is 4.68 Å². The number of methoxy groups -OCH3 is 1. The zero-order chi connectivity index (χ0) is 24.1. The standard InChI is InChI=1S/C25H26N6O3/c1-16-17(2)30-31(18(16)3)24-13-12-23(28-29-24)26-19-8-10-20(11-9-19)27-25(32)15-34-22-7-5-6-21(14-22)33-4/h5-14H,15H2,1-4H3,(H,26,28)(H,27,32). The summed E-state index contributed by atoms with van der Waals surface area (Å²) in [6.45, 7) is 5.91. The van der Waals surface area contributed by atoms with Gasteiger partial charge in [-0.2, -0.15) is 5.10 Å². The monoisotopic (exact) mass is 458 g/mol. The molecule has 4 aromatic rings. The molecule has 4 rings (SSSR count). The molecule has 34 heavy (non-hydrogen) atoms. The maximum atomic E-state index is 12.2. The Labute approximate surface area is 197 Å². The molecular formula is C25H26N6O3. The number of nitrogens with zero attached hydrogens (tertiary/aromatic N) is 4. The third-order valence-corrected chi connectivity index (χ3v) is 5.37. The number of benzene rings is 2. The molecule has 0 radical (unpaired) electrons. The lowest BCUT2D eigenvalue weighted by molar-refractivity contribution is -0.118. The van der Waals surface area contributed by atoms with Crippen molar-refractivity contribution in [2.24, 2.45) is 0 Å². The number of ether oxygens (including phenoxy) is 2. The molecule has 0 saturated carbocycles. The zero-order valence-corrected chi connectivity index (χ0v) is 19.5. The van der Waals surface area contributed by atoms with Gasteiger partial charge in [0.2, 0.25) is 0 Å². The van der Waals surface area contributed by atoms with E-state index in [1.807, 2.05) is 51.1 Å². The maximum Gasteiger partial charge on any atom is 0.262 e. The van der Waals surface area contributed by atoms with Crippen molar-refractivity contribution < 1.29 is 14.3 Å². The van der Waals surface area contributed by atoms with Gasteiger partial charge in [-0.1, -0.05) is 6.07 Å². The summed E-state index contributed by atoms with van der Waals surface area (Å²) in [7, 11) is 1.58. The average molecular weight is 459 g/mol. The van der Waals surface area contributed by atoms with Crippen molar-refractivity contribution in [1.82, 2.24) is 20.0 Å². The van der Waals surface area contributed by atoms with Crippen LogP contribution in [-0.4, -0.2) is 39.6 Å². The largest absolute Gasteiger partial charge is 0.497 e. The lowest BCUT2D eigenvalue weighted by atomic mass is 10.2. The molecule has 0 atom stereocenters. The Balaban J connectivity index is 1.31. The number of aromatic nitrogens is 4. The second kappa shape index (κ2) is 10.0. The molecule has 2 N–H and O–H groups in total. The lowest BCUT2D eigenvalue weighted by Gasteiger charge is -2.10. The fraction of sp³-hybridized carbons (Fsp3) is 0.200. The Morgan fingerprint density at radius 3 is 2.32 bits per heavy atom. The van der Waals surface area contributed by atoms with Crippen LogP contribution in [0.2, 0.25) is 0 Å². The van der Waals surface area contributed by atoms with Crippen LogP contribution in [0.15, 0.2) is 60.7 Å². The van der Waals surface area contributed by atoms with Crippen LogP contribution in [0.25, 0.3) is 5.82 Å². The van der Waals surface area contributed by atoms with Crippen molar-refractivity contribution in [3.63, 3.8) is 0 Å². The van der Waals surface area contributed by atoms with Gasteiger partial charge >= 0.3 is 0 Å². The van der Waals surface area contributed by atoms with Gasteiger partial charge in [-0.15, -0.1) is 10.2 Å². The topological polar surface area (TPSA) is 103 Å². The summed E-state index contributed by atoms with van der Waals surface area (Å²) in [5.74, 6) is 2.24. The Hall–Kier alpha value is -4.40. The van der Waals surface area contributed by atoms with Crippen LogP contribution in [0.5, 0.6) is 11.5 Å². The van der Waals surface area contributed by atoms with Gasteiger partial charge in [0.05, 0.1) is 12.8 Å². The average Bonchev–Trinajstić information content (AvgIpc) is 3.12. The lowest BCUT2D eigenvalue weighted by Crippen LogP contribution is -2.20. The number of amides is 1. The third kappa shape index (κ3) is 5.32. The Bertz CT molecular complexity index is 1280. The summed E-state index contributed by atoms with van der Waals surface area (Å²) in [6.07, 6.45) is 0. The van der Waals surface area contributed by atoms with Crippen LogP contribution in [0, 0.1) is 20.8 Å². The normalized spacial score (nSPS) is 10.6. The maximum absolute atomic E-state index is 12.2. The predicted molar refractivity (Wildman–Crippen MR) is 130 cm³/mol. The minimum Gasteiger partial charge on any atom is -0.497 e. The minimum absolute atomic E-state index is 0.107. The van der Waals surface area contributed by atoms with Crippen molar-refractivity contribution in [3.8, 4) is 17.3 Å². The van der Waals surface area contributed by atoms with E-state index >= 15 is 0 Å². The van der Waals surface area contributed by atoms with Gasteiger partial charge in [0.1, 0.15) is 11.5 Å². The Morgan fingerprint density at radius 2 is 1.68 bits per heavy atom. The highest BCUT2D eigenvalue weighted by molar-refractivity contribution is 5.92. The molecule has 9 heteroatoms. The van der Waals surface area contributed by atoms with Crippen molar-refractivity contribution >= 4 is 23.1 Å². The van der Waals surface area contributed by atoms with Crippen LogP contribution in [0.4, 0.5) is 17.2 Å². The number of rotatable bonds is 8. The van der Waals surface area contributed by atoms with Crippen molar-refractivity contribution in [1.29, 1.82) is 0 Å². The van der Waals surface area contributed by atoms with Gasteiger partial charge in [-0.3, -0.25) is 4.79 Å². The summed E-state index contributed by atoms with van der Waals surface area (Å²) in [5, 5.41) is 19.0. The van der Waals surface area contributed by atoms with Crippen LogP contribution in [-0.2, 0) is 4.79 Å². The number of anilines is 3. The van der Waals surface area contributed by atoms with E-state index < -0.39 is 0 Å². The van der Waals surface area contributed by atoms with Gasteiger partial charge < -0.3 is 20.1 Å². The molecule has 2 heterocycles. The second-order valence-electron chi connectivity index (χ2n) is 7.70. The fourth-order valence-electron chi connectivity index (χ4n) is 3.27. The highest BCUT2D eigenvalue weighted by Gasteiger charge is 2.10. The van der Waals surface area contributed by atoms with E-state index in [1.54, 1.807) is 42.1 Å². The first-order valence-corrected chi connectivity index (χ1v) is 10.7. The summed E-state index contributed by atoms with van der Waals surface area (Å²) in [5.41, 5.74) is 4.63. The summed E-state index contributed by atoms with van der Waals surface area (Å²) >= 11 is 0. The molecule has 0 aliphatic heterocycles. The molecule has 0 bridgehead atoms. The van der Waals surface area contributed by atoms with Crippen molar-refractivity contribution in [2.75, 3.05) is 24.4 Å². The minimum atomic E-state index is -0.260. The van der Waals surface area contributed by atoms with E-state index in [2.05, 4.69) is 25.9 Å². The van der Waals surface area contributed by atoms with E-state index in [9.17, 15) is 4.79 Å². The quantitative estimate of drug-likeness (QED) is 0.404. The van der Waals surface area contributed by atoms with Crippen molar-refractivity contribution in [3.05, 3.63) is 77.6 Å². The summed E-state index contributed by atoms with van der Waals surface area (Å²) in [4.78, 5) is 12.2. The predicted octanol–water partition coefficient (Wildman–Crippen LogP) is 4.36. The molecule has 0 saturated heterocycles. The number of nitrogens with one attached hydrogen (secondary N) is 2. The van der Waals surface area contributed by atoms with E-state index in [0.717, 1.165) is 22.6 Å². The van der Waals surface area contributed by atoms with Crippen LogP contribution in [0.3, 0.4) is 0 Å². The highest BCUT2D eigenvalue weighted by Crippen LogP contribution is 2.20. The van der Waals surface area contributed by atoms with Crippen LogP contribution >= 0.6 is 0 Å². The SMILES string of the molecule is COc1cccc(OCC(=O)Nc2ccc(Nc3ccc(-n4nc(C)c(C)c4C)nn3)cc2)c1.